The van der Waals surface area contributed by atoms with E-state index in [4.69, 9.17) is 24.1 Å². The zero-order valence-corrected chi connectivity index (χ0v) is 21.1. The van der Waals surface area contributed by atoms with Gasteiger partial charge in [0.05, 0.1) is 6.23 Å². The fourth-order valence-corrected chi connectivity index (χ4v) is 16.0. The first-order valence-corrected chi connectivity index (χ1v) is 18.2. The van der Waals surface area contributed by atoms with Gasteiger partial charge in [0.2, 0.25) is 8.32 Å². The largest absolute Gasteiger partial charge is 0.434 e. The Morgan fingerprint density at radius 3 is 1.78 bits per heavy atom. The Morgan fingerprint density at radius 2 is 1.33 bits per heavy atom. The molecule has 0 rings (SSSR count). The number of nitrogens with two attached hydrogens (primary N) is 2. The van der Waals surface area contributed by atoms with Gasteiger partial charge in [-0.15, -0.1) is 0 Å². The van der Waals surface area contributed by atoms with E-state index in [2.05, 4.69) is 36.8 Å². The molecule has 0 aromatic rings. The Labute approximate surface area is 169 Å². The molecule has 11 heteroatoms. The lowest BCUT2D eigenvalue weighted by Gasteiger charge is -2.39. The predicted molar refractivity (Wildman–Crippen MR) is 120 cm³/mol. The average Bonchev–Trinajstić information content (AvgIpc) is 2.60. The minimum Gasteiger partial charge on any atom is -0.434 e. The molecule has 27 heavy (non-hydrogen) atoms. The van der Waals surface area contributed by atoms with E-state index < -0.39 is 25.4 Å². The van der Waals surface area contributed by atoms with Crippen LogP contribution in [0.2, 0.25) is 38.3 Å². The molecule has 0 aromatic carbocycles. The summed E-state index contributed by atoms with van der Waals surface area (Å²) in [7, 11) is -5.20. The lowest BCUT2D eigenvalue weighted by atomic mass is 10.5. The maximum Gasteiger partial charge on any atom is 0.325 e. The van der Waals surface area contributed by atoms with Crippen LogP contribution in [0.4, 0.5) is 0 Å². The third-order valence-corrected chi connectivity index (χ3v) is 16.2. The fourth-order valence-electron chi connectivity index (χ4n) is 3.07. The molecule has 0 saturated carbocycles. The molecule has 164 valence electrons. The summed E-state index contributed by atoms with van der Waals surface area (Å²) in [6.07, 6.45) is 2.07. The Balaban J connectivity index is 4.59. The average molecular weight is 441 g/mol. The number of hydrogen-bond donors (Lipinski definition) is 5. The van der Waals surface area contributed by atoms with E-state index in [1.807, 2.05) is 0 Å². The SMILES string of the molecule is CO[Si](C)(CCCNCCN)O[Si](C)(C)O[Si](C)(CO)CCCNCCN. The van der Waals surface area contributed by atoms with Crippen LogP contribution in [0.5, 0.6) is 0 Å². The topological polar surface area (TPSA) is 124 Å². The highest BCUT2D eigenvalue weighted by Gasteiger charge is 2.43. The number of nitrogens with one attached hydrogen (secondary N) is 2. The van der Waals surface area contributed by atoms with Crippen molar-refractivity contribution in [1.29, 1.82) is 0 Å². The van der Waals surface area contributed by atoms with Gasteiger partial charge in [-0.05, 0) is 64.2 Å². The highest BCUT2D eigenvalue weighted by Crippen LogP contribution is 2.26. The normalized spacial score (nSPS) is 16.9. The summed E-state index contributed by atoms with van der Waals surface area (Å²) < 4.78 is 18.8. The summed E-state index contributed by atoms with van der Waals surface area (Å²) >= 11 is 0. The molecule has 2 unspecified atom stereocenters. The molecule has 0 aliphatic heterocycles. The smallest absolute Gasteiger partial charge is 0.325 e. The highest BCUT2D eigenvalue weighted by molar-refractivity contribution is 6.87. The van der Waals surface area contributed by atoms with Crippen molar-refractivity contribution in [3.63, 3.8) is 0 Å². The minimum absolute atomic E-state index is 0.109. The Bertz CT molecular complexity index is 354. The second-order valence-corrected chi connectivity index (χ2v) is 19.2. The van der Waals surface area contributed by atoms with E-state index in [0.29, 0.717) is 13.1 Å². The molecule has 0 amide bonds. The van der Waals surface area contributed by atoms with Crippen molar-refractivity contribution < 1.29 is 17.8 Å². The summed E-state index contributed by atoms with van der Waals surface area (Å²) in [4.78, 5) is 0. The molecule has 7 N–H and O–H groups in total. The zero-order chi connectivity index (χ0) is 20.8. The van der Waals surface area contributed by atoms with E-state index >= 15 is 0 Å². The molecule has 0 fully saturated rings. The molecule has 0 radical (unpaired) electrons. The molecule has 0 saturated heterocycles. The van der Waals surface area contributed by atoms with Crippen molar-refractivity contribution in [2.75, 3.05) is 52.6 Å². The molecule has 8 nitrogen and oxygen atoms in total. The number of aliphatic hydroxyl groups is 1. The fraction of sp³-hybridized carbons (Fsp3) is 1.00. The molecule has 0 spiro atoms. The van der Waals surface area contributed by atoms with Crippen molar-refractivity contribution >= 4 is 25.4 Å². The number of aliphatic hydroxyl groups excluding tert-OH is 1. The maximum atomic E-state index is 9.96. The number of hydrogen-bond acceptors (Lipinski definition) is 8. The van der Waals surface area contributed by atoms with Gasteiger partial charge in [-0.1, -0.05) is 0 Å². The predicted octanol–water partition coefficient (Wildman–Crippen LogP) is 0.423. The van der Waals surface area contributed by atoms with Gasteiger partial charge in [0.15, 0.2) is 0 Å². The first-order valence-electron chi connectivity index (χ1n) is 10.0. The van der Waals surface area contributed by atoms with Crippen molar-refractivity contribution in [3.05, 3.63) is 0 Å². The Hall–Kier alpha value is 0.331. The van der Waals surface area contributed by atoms with Crippen LogP contribution in [0, 0.1) is 0 Å². The zero-order valence-electron chi connectivity index (χ0n) is 18.1. The first-order chi connectivity index (χ1) is 12.7. The summed E-state index contributed by atoms with van der Waals surface area (Å²) in [5, 5.41) is 16.6. The summed E-state index contributed by atoms with van der Waals surface area (Å²) in [5.74, 6) is 0. The van der Waals surface area contributed by atoms with Crippen LogP contribution < -0.4 is 22.1 Å². The Kier molecular flexibility index (Phi) is 14.5. The summed E-state index contributed by atoms with van der Waals surface area (Å²) in [5.41, 5.74) is 11.0. The van der Waals surface area contributed by atoms with Crippen LogP contribution >= 0.6 is 0 Å². The summed E-state index contributed by atoms with van der Waals surface area (Å²) in [6, 6.07) is 1.80. The van der Waals surface area contributed by atoms with Gasteiger partial charge >= 0.3 is 17.1 Å². The van der Waals surface area contributed by atoms with Crippen molar-refractivity contribution in [1.82, 2.24) is 10.6 Å². The molecule has 2 atom stereocenters. The number of rotatable bonds is 18. The van der Waals surface area contributed by atoms with E-state index in [-0.39, 0.29) is 6.23 Å². The molecular weight excluding hydrogens is 396 g/mol. The quantitative estimate of drug-likeness (QED) is 0.153. The van der Waals surface area contributed by atoms with Crippen LogP contribution in [0.25, 0.3) is 0 Å². The monoisotopic (exact) mass is 440 g/mol. The molecule has 0 bridgehead atoms. The summed E-state index contributed by atoms with van der Waals surface area (Å²) in [6.45, 7) is 13.1. The molecule has 0 aromatic heterocycles. The van der Waals surface area contributed by atoms with Crippen LogP contribution in [-0.4, -0.2) is 83.2 Å². The maximum absolute atomic E-state index is 9.96. The van der Waals surface area contributed by atoms with E-state index in [1.54, 1.807) is 7.11 Å². The lowest BCUT2D eigenvalue weighted by molar-refractivity contribution is 0.260. The molecule has 0 aliphatic carbocycles. The van der Waals surface area contributed by atoms with Crippen molar-refractivity contribution in [2.24, 2.45) is 11.5 Å². The van der Waals surface area contributed by atoms with Crippen molar-refractivity contribution in [2.45, 2.75) is 51.1 Å². The second kappa shape index (κ2) is 14.3. The van der Waals surface area contributed by atoms with Gasteiger partial charge < -0.3 is 39.9 Å². The molecule has 0 aliphatic rings. The van der Waals surface area contributed by atoms with Crippen molar-refractivity contribution in [3.8, 4) is 0 Å². The van der Waals surface area contributed by atoms with E-state index in [0.717, 1.165) is 51.1 Å². The van der Waals surface area contributed by atoms with E-state index in [1.165, 1.54) is 0 Å². The van der Waals surface area contributed by atoms with Gasteiger partial charge in [-0.2, -0.15) is 0 Å². The molecule has 0 heterocycles. The van der Waals surface area contributed by atoms with Gasteiger partial charge in [0, 0.05) is 33.3 Å². The second-order valence-electron chi connectivity index (χ2n) is 7.83. The van der Waals surface area contributed by atoms with Crippen LogP contribution in [0.3, 0.4) is 0 Å². The van der Waals surface area contributed by atoms with Gasteiger partial charge in [0.1, 0.15) is 0 Å². The van der Waals surface area contributed by atoms with Gasteiger partial charge in [-0.25, -0.2) is 0 Å². The third-order valence-electron chi connectivity index (χ3n) is 4.41. The van der Waals surface area contributed by atoms with Gasteiger partial charge in [-0.3, -0.25) is 0 Å². The Morgan fingerprint density at radius 1 is 0.815 bits per heavy atom. The van der Waals surface area contributed by atoms with Gasteiger partial charge in [0.25, 0.3) is 0 Å². The third kappa shape index (κ3) is 13.2. The van der Waals surface area contributed by atoms with E-state index in [9.17, 15) is 5.11 Å². The highest BCUT2D eigenvalue weighted by atomic mass is 28.5. The lowest BCUT2D eigenvalue weighted by Crippen LogP contribution is -2.56. The molecular formula is C16H44N4O4Si3. The first kappa shape index (κ1) is 27.3. The van der Waals surface area contributed by atoms with Crippen LogP contribution in [0.1, 0.15) is 12.8 Å². The standard InChI is InChI=1S/C16H44N4O4Si3/c1-22-27(5,15-7-11-20-13-9-18)24-25(2,3)23-26(4,16-21)14-6-10-19-12-8-17/h19-21H,6-18H2,1-5H3. The van der Waals surface area contributed by atoms with Crippen LogP contribution in [-0.2, 0) is 12.7 Å². The minimum atomic E-state index is -2.41. The van der Waals surface area contributed by atoms with Crippen LogP contribution in [0.15, 0.2) is 0 Å².